The number of nitrogens with zero attached hydrogens (tertiary/aromatic N) is 1. The highest BCUT2D eigenvalue weighted by molar-refractivity contribution is 5.85. The van der Waals surface area contributed by atoms with Gasteiger partial charge in [-0.05, 0) is 44.7 Å². The Bertz CT molecular complexity index is 365. The zero-order valence-corrected chi connectivity index (χ0v) is 13.0. The molecule has 1 amide bonds. The summed E-state index contributed by atoms with van der Waals surface area (Å²) in [5.41, 5.74) is 0. The van der Waals surface area contributed by atoms with E-state index in [1.807, 2.05) is 6.92 Å². The average Bonchev–Trinajstić information content (AvgIpc) is 2.67. The Labute approximate surface area is 127 Å². The second-order valence-corrected chi connectivity index (χ2v) is 6.67. The molecule has 2 rings (SSSR count). The Balaban J connectivity index is 1.74. The number of carboxylic acid groups (broad SMARTS) is 1. The molecule has 0 aromatic carbocycles. The molecule has 5 heteroatoms. The monoisotopic (exact) mass is 296 g/mol. The number of nitrogens with one attached hydrogen (secondary N) is 1. The first-order valence-corrected chi connectivity index (χ1v) is 8.31. The van der Waals surface area contributed by atoms with Gasteiger partial charge in [-0.2, -0.15) is 0 Å². The lowest BCUT2D eigenvalue weighted by molar-refractivity contribution is -0.146. The fourth-order valence-corrected chi connectivity index (χ4v) is 3.68. The molecule has 2 N–H and O–H groups in total. The predicted molar refractivity (Wildman–Crippen MR) is 80.9 cm³/mol. The Morgan fingerprint density at radius 3 is 2.33 bits per heavy atom. The van der Waals surface area contributed by atoms with Crippen LogP contribution >= 0.6 is 0 Å². The SMILES string of the molecule is CC1CC(C(=O)O)C(C(=O)NCCN2CCCCCC2)C1. The van der Waals surface area contributed by atoms with E-state index in [0.29, 0.717) is 25.3 Å². The Morgan fingerprint density at radius 2 is 1.71 bits per heavy atom. The summed E-state index contributed by atoms with van der Waals surface area (Å²) >= 11 is 0. The standard InChI is InChI=1S/C16H28N2O3/c1-12-10-13(14(11-12)16(20)21)15(19)17-6-9-18-7-4-2-3-5-8-18/h12-14H,2-11H2,1H3,(H,17,19)(H,20,21). The van der Waals surface area contributed by atoms with Gasteiger partial charge in [-0.25, -0.2) is 0 Å². The quantitative estimate of drug-likeness (QED) is 0.810. The lowest BCUT2D eigenvalue weighted by Crippen LogP contribution is -2.40. The number of rotatable bonds is 5. The van der Waals surface area contributed by atoms with Crippen molar-refractivity contribution in [3.63, 3.8) is 0 Å². The van der Waals surface area contributed by atoms with Crippen molar-refractivity contribution in [1.82, 2.24) is 10.2 Å². The summed E-state index contributed by atoms with van der Waals surface area (Å²) in [5, 5.41) is 12.2. The van der Waals surface area contributed by atoms with Crippen molar-refractivity contribution >= 4 is 11.9 Å². The van der Waals surface area contributed by atoms with Gasteiger partial charge in [-0.3, -0.25) is 9.59 Å². The molecule has 0 spiro atoms. The summed E-state index contributed by atoms with van der Waals surface area (Å²) in [6.07, 6.45) is 6.43. The highest BCUT2D eigenvalue weighted by Gasteiger charge is 2.40. The highest BCUT2D eigenvalue weighted by Crippen LogP contribution is 2.36. The zero-order chi connectivity index (χ0) is 15.2. The van der Waals surface area contributed by atoms with Gasteiger partial charge in [0.1, 0.15) is 0 Å². The minimum absolute atomic E-state index is 0.0680. The fraction of sp³-hybridized carbons (Fsp3) is 0.875. The summed E-state index contributed by atoms with van der Waals surface area (Å²) in [7, 11) is 0. The van der Waals surface area contributed by atoms with Crippen LogP contribution in [0.4, 0.5) is 0 Å². The maximum atomic E-state index is 12.2. The molecule has 1 saturated carbocycles. The molecule has 1 aliphatic carbocycles. The molecule has 21 heavy (non-hydrogen) atoms. The highest BCUT2D eigenvalue weighted by atomic mass is 16.4. The number of carbonyl (C=O) groups excluding carboxylic acids is 1. The molecule has 1 aliphatic heterocycles. The van der Waals surface area contributed by atoms with E-state index >= 15 is 0 Å². The van der Waals surface area contributed by atoms with Crippen LogP contribution in [0.15, 0.2) is 0 Å². The largest absolute Gasteiger partial charge is 0.481 e. The lowest BCUT2D eigenvalue weighted by atomic mass is 9.95. The van der Waals surface area contributed by atoms with Crippen LogP contribution in [-0.4, -0.2) is 48.1 Å². The van der Waals surface area contributed by atoms with Gasteiger partial charge in [-0.1, -0.05) is 19.8 Å². The van der Waals surface area contributed by atoms with E-state index in [9.17, 15) is 14.7 Å². The molecule has 1 heterocycles. The van der Waals surface area contributed by atoms with Gasteiger partial charge in [0, 0.05) is 13.1 Å². The van der Waals surface area contributed by atoms with Gasteiger partial charge in [0.25, 0.3) is 0 Å². The Morgan fingerprint density at radius 1 is 1.10 bits per heavy atom. The predicted octanol–water partition coefficient (Wildman–Crippen LogP) is 1.73. The van der Waals surface area contributed by atoms with E-state index in [2.05, 4.69) is 10.2 Å². The molecule has 0 aromatic heterocycles. The van der Waals surface area contributed by atoms with Crippen molar-refractivity contribution in [1.29, 1.82) is 0 Å². The van der Waals surface area contributed by atoms with Crippen LogP contribution in [0.3, 0.4) is 0 Å². The van der Waals surface area contributed by atoms with Gasteiger partial charge in [0.2, 0.25) is 5.91 Å². The van der Waals surface area contributed by atoms with E-state index in [1.165, 1.54) is 25.7 Å². The summed E-state index contributed by atoms with van der Waals surface area (Å²) in [6, 6.07) is 0. The van der Waals surface area contributed by atoms with Crippen LogP contribution in [-0.2, 0) is 9.59 Å². The average molecular weight is 296 g/mol. The molecular formula is C16H28N2O3. The zero-order valence-electron chi connectivity index (χ0n) is 13.0. The molecular weight excluding hydrogens is 268 g/mol. The maximum absolute atomic E-state index is 12.2. The van der Waals surface area contributed by atoms with E-state index < -0.39 is 11.9 Å². The van der Waals surface area contributed by atoms with Gasteiger partial charge in [0.05, 0.1) is 11.8 Å². The summed E-state index contributed by atoms with van der Waals surface area (Å²) in [6.45, 7) is 5.78. The first kappa shape index (κ1) is 16.3. The number of hydrogen-bond donors (Lipinski definition) is 2. The van der Waals surface area contributed by atoms with Crippen molar-refractivity contribution < 1.29 is 14.7 Å². The van der Waals surface area contributed by atoms with Crippen molar-refractivity contribution in [2.24, 2.45) is 17.8 Å². The molecule has 2 aliphatic rings. The third-order valence-corrected chi connectivity index (χ3v) is 4.88. The van der Waals surface area contributed by atoms with Crippen LogP contribution in [0.2, 0.25) is 0 Å². The third-order valence-electron chi connectivity index (χ3n) is 4.88. The Kier molecular flexibility index (Phi) is 6.03. The third kappa shape index (κ3) is 4.70. The second-order valence-electron chi connectivity index (χ2n) is 6.67. The van der Waals surface area contributed by atoms with E-state index in [-0.39, 0.29) is 11.8 Å². The van der Waals surface area contributed by atoms with E-state index in [0.717, 1.165) is 19.6 Å². The van der Waals surface area contributed by atoms with Crippen LogP contribution in [0.1, 0.15) is 45.4 Å². The van der Waals surface area contributed by atoms with Crippen LogP contribution < -0.4 is 5.32 Å². The van der Waals surface area contributed by atoms with Crippen molar-refractivity contribution in [2.45, 2.75) is 45.4 Å². The smallest absolute Gasteiger partial charge is 0.307 e. The molecule has 0 bridgehead atoms. The molecule has 3 atom stereocenters. The number of hydrogen-bond acceptors (Lipinski definition) is 3. The first-order chi connectivity index (χ1) is 10.1. The second kappa shape index (κ2) is 7.78. The van der Waals surface area contributed by atoms with Gasteiger partial charge >= 0.3 is 5.97 Å². The molecule has 120 valence electrons. The normalized spacial score (nSPS) is 30.8. The summed E-state index contributed by atoms with van der Waals surface area (Å²) in [4.78, 5) is 25.9. The maximum Gasteiger partial charge on any atom is 0.307 e. The number of carbonyl (C=O) groups is 2. The minimum atomic E-state index is -0.827. The number of amides is 1. The summed E-state index contributed by atoms with van der Waals surface area (Å²) < 4.78 is 0. The molecule has 2 fully saturated rings. The van der Waals surface area contributed by atoms with Gasteiger partial charge < -0.3 is 15.3 Å². The minimum Gasteiger partial charge on any atom is -0.481 e. The van der Waals surface area contributed by atoms with Crippen LogP contribution in [0.5, 0.6) is 0 Å². The van der Waals surface area contributed by atoms with Crippen molar-refractivity contribution in [2.75, 3.05) is 26.2 Å². The topological polar surface area (TPSA) is 69.6 Å². The molecule has 3 unspecified atom stereocenters. The molecule has 1 saturated heterocycles. The van der Waals surface area contributed by atoms with Gasteiger partial charge in [0.15, 0.2) is 0 Å². The first-order valence-electron chi connectivity index (χ1n) is 8.31. The van der Waals surface area contributed by atoms with E-state index in [1.54, 1.807) is 0 Å². The molecule has 0 radical (unpaired) electrons. The summed E-state index contributed by atoms with van der Waals surface area (Å²) in [5.74, 6) is -1.42. The number of likely N-dealkylation sites (tertiary alicyclic amines) is 1. The lowest BCUT2D eigenvalue weighted by Gasteiger charge is -2.21. The molecule has 5 nitrogen and oxygen atoms in total. The van der Waals surface area contributed by atoms with Crippen molar-refractivity contribution in [3.05, 3.63) is 0 Å². The Hall–Kier alpha value is -1.10. The number of aliphatic carboxylic acids is 1. The van der Waals surface area contributed by atoms with E-state index in [4.69, 9.17) is 0 Å². The van der Waals surface area contributed by atoms with Crippen LogP contribution in [0, 0.1) is 17.8 Å². The fourth-order valence-electron chi connectivity index (χ4n) is 3.68. The van der Waals surface area contributed by atoms with Crippen LogP contribution in [0.25, 0.3) is 0 Å². The molecule has 0 aromatic rings. The van der Waals surface area contributed by atoms with Crippen molar-refractivity contribution in [3.8, 4) is 0 Å². The van der Waals surface area contributed by atoms with Gasteiger partial charge in [-0.15, -0.1) is 0 Å². The number of carboxylic acids is 1.